The molecule has 2 aliphatic rings. The highest BCUT2D eigenvalue weighted by Crippen LogP contribution is 2.57. The zero-order valence-electron chi connectivity index (χ0n) is 26.3. The first kappa shape index (κ1) is 30.7. The number of rotatable bonds is 8. The number of nitrogens with one attached hydrogen (secondary N) is 1. The Morgan fingerprint density at radius 2 is 1.84 bits per heavy atom. The summed E-state index contributed by atoms with van der Waals surface area (Å²) in [7, 11) is 1.44. The van der Waals surface area contributed by atoms with Gasteiger partial charge in [0.1, 0.15) is 5.76 Å². The van der Waals surface area contributed by atoms with Crippen molar-refractivity contribution in [1.82, 2.24) is 5.32 Å². The second kappa shape index (κ2) is 11.7. The Balaban J connectivity index is 1.39. The maximum atomic E-state index is 13.6. The minimum absolute atomic E-state index is 0.0222. The van der Waals surface area contributed by atoms with Crippen LogP contribution in [0.25, 0.3) is 0 Å². The fourth-order valence-electron chi connectivity index (χ4n) is 7.91. The van der Waals surface area contributed by atoms with E-state index in [0.717, 1.165) is 32.1 Å². The lowest BCUT2D eigenvalue weighted by molar-refractivity contribution is -0.122. The van der Waals surface area contributed by atoms with Crippen molar-refractivity contribution in [2.75, 3.05) is 13.7 Å². The first-order valence-corrected chi connectivity index (χ1v) is 15.5. The van der Waals surface area contributed by atoms with Gasteiger partial charge in [-0.2, -0.15) is 0 Å². The minimum atomic E-state index is -0.761. The van der Waals surface area contributed by atoms with Crippen LogP contribution in [0.4, 0.5) is 0 Å². The Morgan fingerprint density at radius 3 is 2.56 bits per heavy atom. The average Bonchev–Trinajstić information content (AvgIpc) is 2.97. The highest BCUT2D eigenvalue weighted by atomic mass is 16.5. The molecule has 3 N–H and O–H groups in total. The summed E-state index contributed by atoms with van der Waals surface area (Å²) in [6, 6.07) is 13.0. The van der Waals surface area contributed by atoms with Gasteiger partial charge in [-0.1, -0.05) is 58.4 Å². The summed E-state index contributed by atoms with van der Waals surface area (Å²) >= 11 is 0. The number of carbonyl (C=O) groups is 1. The number of benzene rings is 2. The van der Waals surface area contributed by atoms with Crippen molar-refractivity contribution >= 4 is 5.91 Å². The fourth-order valence-corrected chi connectivity index (χ4v) is 7.91. The van der Waals surface area contributed by atoms with Gasteiger partial charge in [-0.05, 0) is 89.7 Å². The Morgan fingerprint density at radius 1 is 1.09 bits per heavy atom. The number of fused-ring (bicyclic) bond motifs is 3. The number of hydrogen-bond acceptors (Lipinski definition) is 6. The monoisotopic (exact) mass is 587 g/mol. The van der Waals surface area contributed by atoms with Crippen LogP contribution >= 0.6 is 0 Å². The van der Waals surface area contributed by atoms with Crippen molar-refractivity contribution in [1.29, 1.82) is 0 Å². The molecular weight excluding hydrogens is 542 g/mol. The van der Waals surface area contributed by atoms with Crippen molar-refractivity contribution in [2.45, 2.75) is 90.4 Å². The molecule has 1 amide bonds. The first-order chi connectivity index (χ1) is 20.4. The lowest BCUT2D eigenvalue weighted by Crippen LogP contribution is -2.53. The molecule has 0 radical (unpaired) electrons. The summed E-state index contributed by atoms with van der Waals surface area (Å²) in [5.74, 6) is -0.0138. The molecule has 1 aromatic heterocycles. The molecule has 0 bridgehead atoms. The van der Waals surface area contributed by atoms with Gasteiger partial charge < -0.3 is 24.7 Å². The first-order valence-electron chi connectivity index (χ1n) is 15.5. The number of methoxy groups -OCH3 is 1. The Kier molecular flexibility index (Phi) is 8.39. The van der Waals surface area contributed by atoms with Crippen LogP contribution in [0.1, 0.15) is 105 Å². The summed E-state index contributed by atoms with van der Waals surface area (Å²) in [5, 5.41) is 24.1. The molecule has 7 nitrogen and oxygen atoms in total. The van der Waals surface area contributed by atoms with E-state index in [9.17, 15) is 19.8 Å². The Bertz CT molecular complexity index is 1570. The van der Waals surface area contributed by atoms with Crippen LogP contribution < -0.4 is 15.5 Å². The Labute approximate surface area is 254 Å². The average molecular weight is 588 g/mol. The van der Waals surface area contributed by atoms with E-state index in [4.69, 9.17) is 9.15 Å². The van der Waals surface area contributed by atoms with Gasteiger partial charge in [0, 0.05) is 19.0 Å². The molecular formula is C36H45NO6. The molecule has 2 aliphatic carbocycles. The van der Waals surface area contributed by atoms with Crippen LogP contribution in [0.3, 0.4) is 0 Å². The molecule has 4 atom stereocenters. The number of carbonyl (C=O) groups excluding carboxylic acids is 1. The standard InChI is InChI=1S/C36H45NO6/c1-21(2)23-8-11-27-25(17-23)10-13-31-35(4,14-7-15-36(27,31)5)20-37-32(40)19-26(24-9-12-28(38)30(18-24)42-6)34-33(41)29(39)16-22(3)43-34/h8-9,11-12,16-18,21,26,31,38,41H,7,10,13-15,19-20H2,1-6H3,(H,37,40)/t26-,31+,35-,36-/m0/s1. The molecule has 3 aromatic rings. The van der Waals surface area contributed by atoms with Crippen molar-refractivity contribution < 1.29 is 24.2 Å². The van der Waals surface area contributed by atoms with Gasteiger partial charge in [-0.25, -0.2) is 0 Å². The number of aromatic hydroxyl groups is 2. The van der Waals surface area contributed by atoms with Gasteiger partial charge in [0.2, 0.25) is 17.1 Å². The zero-order chi connectivity index (χ0) is 31.1. The van der Waals surface area contributed by atoms with Crippen molar-refractivity contribution in [2.24, 2.45) is 11.3 Å². The molecule has 0 saturated heterocycles. The molecule has 1 fully saturated rings. The van der Waals surface area contributed by atoms with Crippen LogP contribution in [-0.2, 0) is 16.6 Å². The van der Waals surface area contributed by atoms with E-state index in [2.05, 4.69) is 51.2 Å². The Hall–Kier alpha value is -3.74. The molecule has 5 rings (SSSR count). The third-order valence-electron chi connectivity index (χ3n) is 10.2. The fraction of sp³-hybridized carbons (Fsp3) is 0.500. The summed E-state index contributed by atoms with van der Waals surface area (Å²) in [6.07, 6.45) is 5.38. The predicted octanol–water partition coefficient (Wildman–Crippen LogP) is 6.84. The summed E-state index contributed by atoms with van der Waals surface area (Å²) in [4.78, 5) is 26.1. The normalized spacial score (nSPS) is 23.7. The second-order valence-corrected chi connectivity index (χ2v) is 13.5. The molecule has 2 aromatic carbocycles. The minimum Gasteiger partial charge on any atom is -0.504 e. The summed E-state index contributed by atoms with van der Waals surface area (Å²) in [5.41, 5.74) is 4.33. The van der Waals surface area contributed by atoms with Gasteiger partial charge in [0.05, 0.1) is 13.0 Å². The quantitative estimate of drug-likeness (QED) is 0.266. The van der Waals surface area contributed by atoms with E-state index in [1.807, 2.05) is 0 Å². The molecule has 0 spiro atoms. The highest BCUT2D eigenvalue weighted by molar-refractivity contribution is 5.77. The molecule has 1 heterocycles. The highest BCUT2D eigenvalue weighted by Gasteiger charge is 2.51. The number of phenols is 1. The number of aryl methyl sites for hydroxylation is 2. The third-order valence-corrected chi connectivity index (χ3v) is 10.2. The van der Waals surface area contributed by atoms with E-state index in [0.29, 0.717) is 29.7 Å². The largest absolute Gasteiger partial charge is 0.504 e. The lowest BCUT2D eigenvalue weighted by atomic mass is 9.49. The molecule has 43 heavy (non-hydrogen) atoms. The van der Waals surface area contributed by atoms with Crippen molar-refractivity contribution in [3.8, 4) is 17.2 Å². The van der Waals surface area contributed by atoms with Crippen molar-refractivity contribution in [3.05, 3.63) is 86.5 Å². The summed E-state index contributed by atoms with van der Waals surface area (Å²) in [6.45, 7) is 11.4. The van der Waals surface area contributed by atoms with E-state index in [1.54, 1.807) is 19.1 Å². The maximum absolute atomic E-state index is 13.6. The number of hydrogen-bond donors (Lipinski definition) is 3. The van der Waals surface area contributed by atoms with Gasteiger partial charge in [0.15, 0.2) is 17.3 Å². The lowest BCUT2D eigenvalue weighted by Gasteiger charge is -2.55. The topological polar surface area (TPSA) is 109 Å². The number of ether oxygens (including phenoxy) is 1. The van der Waals surface area contributed by atoms with Crippen LogP contribution in [0, 0.1) is 18.3 Å². The predicted molar refractivity (Wildman–Crippen MR) is 167 cm³/mol. The number of phenolic OH excluding ortho intramolecular Hbond substituents is 1. The molecule has 230 valence electrons. The van der Waals surface area contributed by atoms with Gasteiger partial charge in [-0.3, -0.25) is 9.59 Å². The van der Waals surface area contributed by atoms with Crippen LogP contribution in [0.2, 0.25) is 0 Å². The second-order valence-electron chi connectivity index (χ2n) is 13.5. The zero-order valence-corrected chi connectivity index (χ0v) is 26.3. The molecule has 0 aliphatic heterocycles. The van der Waals surface area contributed by atoms with E-state index >= 15 is 0 Å². The van der Waals surface area contributed by atoms with Crippen LogP contribution in [0.5, 0.6) is 17.2 Å². The summed E-state index contributed by atoms with van der Waals surface area (Å²) < 4.78 is 11.1. The molecule has 1 saturated carbocycles. The van der Waals surface area contributed by atoms with Gasteiger partial charge >= 0.3 is 0 Å². The van der Waals surface area contributed by atoms with Gasteiger partial charge in [0.25, 0.3) is 0 Å². The molecule has 0 unspecified atom stereocenters. The third kappa shape index (κ3) is 5.78. The van der Waals surface area contributed by atoms with Crippen molar-refractivity contribution in [3.63, 3.8) is 0 Å². The van der Waals surface area contributed by atoms with E-state index < -0.39 is 17.1 Å². The van der Waals surface area contributed by atoms with E-state index in [-0.39, 0.29) is 40.4 Å². The van der Waals surface area contributed by atoms with E-state index in [1.165, 1.54) is 35.9 Å². The van der Waals surface area contributed by atoms with Crippen LogP contribution in [0.15, 0.2) is 51.7 Å². The van der Waals surface area contributed by atoms with Gasteiger partial charge in [-0.15, -0.1) is 0 Å². The molecule has 7 heteroatoms. The maximum Gasteiger partial charge on any atom is 0.227 e. The van der Waals surface area contributed by atoms with Crippen LogP contribution in [-0.4, -0.2) is 29.8 Å². The number of amides is 1. The SMILES string of the molecule is COc1cc([C@H](CC(=O)NC[C@]2(C)CCC[C@@]3(C)c4ccc(C(C)C)cc4CC[C@H]23)c2oc(C)cc(=O)c2O)ccc1O. The smallest absolute Gasteiger partial charge is 0.227 e.